The molecule has 3 aromatic carbocycles. The zero-order valence-electron chi connectivity index (χ0n) is 21.4. The fourth-order valence-corrected chi connectivity index (χ4v) is 4.27. The molecule has 1 aliphatic rings. The second kappa shape index (κ2) is 12.9. The normalized spacial score (nSPS) is 18.3. The monoisotopic (exact) mass is 515 g/mol. The number of aliphatic imine (C=N–C) groups is 1. The highest BCUT2D eigenvalue weighted by molar-refractivity contribution is 6.01. The summed E-state index contributed by atoms with van der Waals surface area (Å²) in [6.45, 7) is 4.85. The number of ether oxygens (including phenoxy) is 3. The van der Waals surface area contributed by atoms with Gasteiger partial charge in [0.15, 0.2) is 11.6 Å². The minimum Gasteiger partial charge on any atom is -0.497 e. The Morgan fingerprint density at radius 3 is 2.61 bits per heavy atom. The van der Waals surface area contributed by atoms with E-state index >= 15 is 0 Å². The van der Waals surface area contributed by atoms with Crippen LogP contribution < -0.4 is 20.3 Å². The molecule has 3 N–H and O–H groups in total. The molecular weight excluding hydrogens is 482 g/mol. The lowest BCUT2D eigenvalue weighted by Gasteiger charge is -2.29. The Morgan fingerprint density at radius 2 is 1.89 bits per heavy atom. The number of hydrogen-bond acceptors (Lipinski definition) is 7. The number of hydrogen-bond donors (Lipinski definition) is 3. The van der Waals surface area contributed by atoms with E-state index in [2.05, 4.69) is 17.4 Å². The molecule has 8 nitrogen and oxygen atoms in total. The zero-order valence-corrected chi connectivity index (χ0v) is 21.4. The minimum atomic E-state index is -1.30. The van der Waals surface area contributed by atoms with Gasteiger partial charge in [0.1, 0.15) is 11.5 Å². The number of aliphatic hydroxyl groups is 1. The van der Waals surface area contributed by atoms with Gasteiger partial charge in [-0.1, -0.05) is 48.5 Å². The number of amides is 1. The van der Waals surface area contributed by atoms with Gasteiger partial charge < -0.3 is 19.3 Å². The first kappa shape index (κ1) is 26.9. The third-order valence-corrected chi connectivity index (χ3v) is 6.22. The van der Waals surface area contributed by atoms with Crippen molar-refractivity contribution >= 4 is 11.8 Å². The molecule has 0 saturated carbocycles. The summed E-state index contributed by atoms with van der Waals surface area (Å²) < 4.78 is 17.5. The Hall–Kier alpha value is -4.14. The summed E-state index contributed by atoms with van der Waals surface area (Å²) in [6, 6.07) is 24.5. The molecule has 0 fully saturated rings. The van der Waals surface area contributed by atoms with Crippen LogP contribution >= 0.6 is 0 Å². The van der Waals surface area contributed by atoms with Crippen molar-refractivity contribution in [2.24, 2.45) is 4.99 Å². The Bertz CT molecular complexity index is 1250. The van der Waals surface area contributed by atoms with E-state index in [1.54, 1.807) is 13.2 Å². The van der Waals surface area contributed by atoms with Gasteiger partial charge in [0.25, 0.3) is 5.91 Å². The van der Waals surface area contributed by atoms with Crippen LogP contribution in [0.2, 0.25) is 0 Å². The van der Waals surface area contributed by atoms with Crippen LogP contribution in [0.1, 0.15) is 35.6 Å². The molecule has 0 saturated heterocycles. The second-order valence-electron chi connectivity index (χ2n) is 8.85. The molecule has 0 aliphatic carbocycles. The molecule has 198 valence electrons. The van der Waals surface area contributed by atoms with Gasteiger partial charge in [0, 0.05) is 31.6 Å². The molecule has 0 aromatic heterocycles. The lowest BCUT2D eigenvalue weighted by Crippen LogP contribution is -2.52. The summed E-state index contributed by atoms with van der Waals surface area (Å²) in [6.07, 6.45) is 1.76. The van der Waals surface area contributed by atoms with Crippen LogP contribution in [0.3, 0.4) is 0 Å². The maximum atomic E-state index is 13.8. The standard InChI is InChI=1S/C30H33N3O5/c1-3-17-30(29(35)33-31-21-22-9-5-4-6-10-22)27(24-11-7-12-26(20-24)36-2)38-28(32-30)23-13-15-25(16-14-23)37-19-8-18-34/h3-7,9-16,20,27,31,34H,1,8,17-19,21H2,2H3,(H,33,35)/t27-,30-/m0/s1. The molecule has 0 bridgehead atoms. The van der Waals surface area contributed by atoms with E-state index in [1.807, 2.05) is 78.9 Å². The summed E-state index contributed by atoms with van der Waals surface area (Å²) in [5, 5.41) is 8.97. The molecule has 1 aliphatic heterocycles. The maximum absolute atomic E-state index is 13.8. The second-order valence-corrected chi connectivity index (χ2v) is 8.85. The SMILES string of the molecule is C=CC[C@]1(C(=O)NNCc2ccccc2)N=C(c2ccc(OCCCO)cc2)O[C@H]1c1cccc(OC)c1. The summed E-state index contributed by atoms with van der Waals surface area (Å²) in [5.74, 6) is 1.34. The van der Waals surface area contributed by atoms with Crippen molar-refractivity contribution in [1.29, 1.82) is 0 Å². The van der Waals surface area contributed by atoms with Gasteiger partial charge in [-0.2, -0.15) is 0 Å². The summed E-state index contributed by atoms with van der Waals surface area (Å²) in [4.78, 5) is 18.7. The summed E-state index contributed by atoms with van der Waals surface area (Å²) in [7, 11) is 1.60. The average molecular weight is 516 g/mol. The van der Waals surface area contributed by atoms with Crippen LogP contribution in [-0.2, 0) is 16.1 Å². The van der Waals surface area contributed by atoms with Crippen LogP contribution in [0, 0.1) is 0 Å². The van der Waals surface area contributed by atoms with E-state index < -0.39 is 11.6 Å². The molecule has 1 heterocycles. The highest BCUT2D eigenvalue weighted by Gasteiger charge is 2.52. The van der Waals surface area contributed by atoms with Crippen molar-refractivity contribution in [2.45, 2.75) is 31.0 Å². The molecule has 1 amide bonds. The van der Waals surface area contributed by atoms with Gasteiger partial charge in [0.2, 0.25) is 5.90 Å². The highest BCUT2D eigenvalue weighted by Crippen LogP contribution is 2.43. The predicted octanol–water partition coefficient (Wildman–Crippen LogP) is 4.11. The van der Waals surface area contributed by atoms with E-state index in [-0.39, 0.29) is 18.9 Å². The Labute approximate surface area is 222 Å². The van der Waals surface area contributed by atoms with Crippen molar-refractivity contribution in [3.05, 3.63) is 108 Å². The van der Waals surface area contributed by atoms with Crippen LogP contribution in [0.5, 0.6) is 11.5 Å². The van der Waals surface area contributed by atoms with Crippen molar-refractivity contribution in [2.75, 3.05) is 20.3 Å². The number of carbonyl (C=O) groups excluding carboxylic acids is 1. The van der Waals surface area contributed by atoms with Crippen LogP contribution in [0.4, 0.5) is 0 Å². The van der Waals surface area contributed by atoms with Crippen LogP contribution in [0.25, 0.3) is 0 Å². The maximum Gasteiger partial charge on any atom is 0.266 e. The van der Waals surface area contributed by atoms with Gasteiger partial charge in [-0.25, -0.2) is 10.4 Å². The molecule has 2 atom stereocenters. The van der Waals surface area contributed by atoms with Gasteiger partial charge in [-0.05, 0) is 47.5 Å². The lowest BCUT2D eigenvalue weighted by molar-refractivity contribution is -0.129. The molecule has 0 radical (unpaired) electrons. The molecule has 8 heteroatoms. The average Bonchev–Trinajstić information content (AvgIpc) is 3.35. The number of benzene rings is 3. The van der Waals surface area contributed by atoms with Crippen molar-refractivity contribution in [3.63, 3.8) is 0 Å². The molecular formula is C30H33N3O5. The largest absolute Gasteiger partial charge is 0.497 e. The van der Waals surface area contributed by atoms with E-state index in [0.29, 0.717) is 42.5 Å². The number of aliphatic hydroxyl groups excluding tert-OH is 1. The molecule has 0 spiro atoms. The van der Waals surface area contributed by atoms with Crippen molar-refractivity contribution < 1.29 is 24.1 Å². The Balaban J connectivity index is 1.63. The number of nitrogens with zero attached hydrogens (tertiary/aromatic N) is 1. The minimum absolute atomic E-state index is 0.0715. The smallest absolute Gasteiger partial charge is 0.266 e. The molecule has 3 aromatic rings. The fourth-order valence-electron chi connectivity index (χ4n) is 4.27. The molecule has 38 heavy (non-hydrogen) atoms. The predicted molar refractivity (Wildman–Crippen MR) is 146 cm³/mol. The van der Waals surface area contributed by atoms with E-state index in [4.69, 9.17) is 24.3 Å². The highest BCUT2D eigenvalue weighted by atomic mass is 16.5. The van der Waals surface area contributed by atoms with E-state index in [1.165, 1.54) is 0 Å². The topological polar surface area (TPSA) is 101 Å². The van der Waals surface area contributed by atoms with E-state index in [9.17, 15) is 4.79 Å². The quantitative estimate of drug-likeness (QED) is 0.180. The zero-order chi connectivity index (χ0) is 26.8. The number of carbonyl (C=O) groups is 1. The number of methoxy groups -OCH3 is 1. The van der Waals surface area contributed by atoms with Gasteiger partial charge in [-0.15, -0.1) is 6.58 Å². The van der Waals surface area contributed by atoms with Crippen molar-refractivity contribution in [1.82, 2.24) is 10.9 Å². The fraction of sp³-hybridized carbons (Fsp3) is 0.267. The van der Waals surface area contributed by atoms with Gasteiger partial charge in [-0.3, -0.25) is 10.2 Å². The Morgan fingerprint density at radius 1 is 1.11 bits per heavy atom. The first-order valence-corrected chi connectivity index (χ1v) is 12.5. The van der Waals surface area contributed by atoms with E-state index in [0.717, 1.165) is 11.1 Å². The van der Waals surface area contributed by atoms with Crippen LogP contribution in [0.15, 0.2) is 96.5 Å². The summed E-state index contributed by atoms with van der Waals surface area (Å²) in [5.41, 5.74) is 7.06. The third kappa shape index (κ3) is 6.22. The van der Waals surface area contributed by atoms with Crippen molar-refractivity contribution in [3.8, 4) is 11.5 Å². The third-order valence-electron chi connectivity index (χ3n) is 6.22. The number of nitrogens with one attached hydrogen (secondary N) is 2. The molecule has 4 rings (SSSR count). The van der Waals surface area contributed by atoms with Gasteiger partial charge in [0.05, 0.1) is 13.7 Å². The first-order chi connectivity index (χ1) is 18.6. The Kier molecular flexibility index (Phi) is 9.13. The summed E-state index contributed by atoms with van der Waals surface area (Å²) >= 11 is 0. The lowest BCUT2D eigenvalue weighted by atomic mass is 9.84. The van der Waals surface area contributed by atoms with Crippen LogP contribution in [-0.4, -0.2) is 42.8 Å². The number of rotatable bonds is 13. The first-order valence-electron chi connectivity index (χ1n) is 12.5. The van der Waals surface area contributed by atoms with Gasteiger partial charge >= 0.3 is 0 Å². The number of hydrazine groups is 1. The molecule has 0 unspecified atom stereocenters.